The third kappa shape index (κ3) is 3.33. The molecular formula is C10H15ClN2. The average Bonchev–Trinajstić information content (AvgIpc) is 2.03. The van der Waals surface area contributed by atoms with Gasteiger partial charge in [-0.15, -0.1) is 0 Å². The van der Waals surface area contributed by atoms with Crippen molar-refractivity contribution in [3.63, 3.8) is 0 Å². The molecule has 1 N–H and O–H groups in total. The Hall–Kier alpha value is -0.600. The van der Waals surface area contributed by atoms with Gasteiger partial charge in [0.2, 0.25) is 0 Å². The Bertz CT molecular complexity index is 273. The van der Waals surface area contributed by atoms with Gasteiger partial charge in [0.25, 0.3) is 0 Å². The third-order valence-electron chi connectivity index (χ3n) is 1.83. The van der Waals surface area contributed by atoms with Crippen molar-refractivity contribution in [3.8, 4) is 0 Å². The summed E-state index contributed by atoms with van der Waals surface area (Å²) in [6, 6.07) is 4.66. The highest BCUT2D eigenvalue weighted by Gasteiger charge is 2.06. The minimum Gasteiger partial charge on any atom is -0.308 e. The van der Waals surface area contributed by atoms with Crippen LogP contribution in [0.5, 0.6) is 0 Å². The Morgan fingerprint density at radius 3 is 2.62 bits per heavy atom. The first kappa shape index (κ1) is 10.5. The molecule has 0 spiro atoms. The highest BCUT2D eigenvalue weighted by molar-refractivity contribution is 6.29. The minimum absolute atomic E-state index is 0.320. The van der Waals surface area contributed by atoms with E-state index in [-0.39, 0.29) is 0 Å². The van der Waals surface area contributed by atoms with Crippen LogP contribution in [0.25, 0.3) is 0 Å². The normalized spacial score (nSPS) is 13.3. The molecule has 0 amide bonds. The lowest BCUT2D eigenvalue weighted by Gasteiger charge is -2.16. The smallest absolute Gasteiger partial charge is 0.129 e. The number of pyridine rings is 1. The second-order valence-corrected chi connectivity index (χ2v) is 3.84. The van der Waals surface area contributed by atoms with Crippen molar-refractivity contribution in [2.24, 2.45) is 0 Å². The molecule has 1 heterocycles. The molecular weight excluding hydrogens is 184 g/mol. The van der Waals surface area contributed by atoms with Gasteiger partial charge in [0.05, 0.1) is 0 Å². The molecule has 0 aliphatic rings. The molecule has 1 atom stereocenters. The van der Waals surface area contributed by atoms with Crippen molar-refractivity contribution < 1.29 is 0 Å². The van der Waals surface area contributed by atoms with Gasteiger partial charge in [0.15, 0.2) is 0 Å². The maximum Gasteiger partial charge on any atom is 0.129 e. The number of hydrogen-bond donors (Lipinski definition) is 1. The van der Waals surface area contributed by atoms with E-state index >= 15 is 0 Å². The molecule has 0 fully saturated rings. The predicted octanol–water partition coefficient (Wildman–Crippen LogP) is 2.79. The molecule has 0 aromatic carbocycles. The fraction of sp³-hybridized carbons (Fsp3) is 0.500. The lowest BCUT2D eigenvalue weighted by atomic mass is 10.1. The van der Waals surface area contributed by atoms with Crippen LogP contribution in [-0.4, -0.2) is 11.0 Å². The van der Waals surface area contributed by atoms with Gasteiger partial charge in [0.1, 0.15) is 5.15 Å². The Morgan fingerprint density at radius 2 is 2.08 bits per heavy atom. The fourth-order valence-corrected chi connectivity index (χ4v) is 1.47. The molecule has 1 unspecified atom stereocenters. The summed E-state index contributed by atoms with van der Waals surface area (Å²) in [4.78, 5) is 3.94. The molecule has 0 aliphatic heterocycles. The largest absolute Gasteiger partial charge is 0.308 e. The van der Waals surface area contributed by atoms with Crippen molar-refractivity contribution in [1.82, 2.24) is 10.3 Å². The minimum atomic E-state index is 0.320. The summed E-state index contributed by atoms with van der Waals surface area (Å²) in [5.41, 5.74) is 1.17. The van der Waals surface area contributed by atoms with Crippen LogP contribution >= 0.6 is 11.6 Å². The van der Waals surface area contributed by atoms with Crippen LogP contribution in [0.2, 0.25) is 5.15 Å². The van der Waals surface area contributed by atoms with Crippen molar-refractivity contribution in [1.29, 1.82) is 0 Å². The molecule has 2 nitrogen and oxygen atoms in total. The van der Waals surface area contributed by atoms with Gasteiger partial charge < -0.3 is 5.32 Å². The van der Waals surface area contributed by atoms with Gasteiger partial charge in [-0.25, -0.2) is 4.98 Å². The second-order valence-electron chi connectivity index (χ2n) is 3.45. The van der Waals surface area contributed by atoms with Gasteiger partial charge >= 0.3 is 0 Å². The van der Waals surface area contributed by atoms with Crippen molar-refractivity contribution in [3.05, 3.63) is 29.0 Å². The first-order valence-electron chi connectivity index (χ1n) is 4.47. The van der Waals surface area contributed by atoms with E-state index in [0.29, 0.717) is 17.2 Å². The van der Waals surface area contributed by atoms with Crippen LogP contribution in [0, 0.1) is 0 Å². The van der Waals surface area contributed by atoms with E-state index in [2.05, 4.69) is 31.1 Å². The van der Waals surface area contributed by atoms with Crippen molar-refractivity contribution in [2.75, 3.05) is 0 Å². The molecule has 13 heavy (non-hydrogen) atoms. The molecule has 3 heteroatoms. The standard InChI is InChI=1S/C10H15ClN2/c1-7(2)13-8(3)9-4-5-12-10(11)6-9/h4-8,13H,1-3H3. The molecule has 1 aromatic rings. The van der Waals surface area contributed by atoms with Gasteiger partial charge in [-0.2, -0.15) is 0 Å². The zero-order valence-electron chi connectivity index (χ0n) is 8.21. The molecule has 0 radical (unpaired) electrons. The first-order valence-corrected chi connectivity index (χ1v) is 4.85. The van der Waals surface area contributed by atoms with E-state index in [1.165, 1.54) is 5.56 Å². The number of hydrogen-bond acceptors (Lipinski definition) is 2. The topological polar surface area (TPSA) is 24.9 Å². The Labute approximate surface area is 84.3 Å². The summed E-state index contributed by atoms with van der Waals surface area (Å²) >= 11 is 5.79. The Kier molecular flexibility index (Phi) is 3.70. The SMILES string of the molecule is CC(C)NC(C)c1ccnc(Cl)c1. The molecule has 0 aliphatic carbocycles. The van der Waals surface area contributed by atoms with Gasteiger partial charge in [-0.1, -0.05) is 25.4 Å². The monoisotopic (exact) mass is 198 g/mol. The predicted molar refractivity (Wildman–Crippen MR) is 55.9 cm³/mol. The Balaban J connectivity index is 2.71. The summed E-state index contributed by atoms with van der Waals surface area (Å²) in [5.74, 6) is 0. The molecule has 0 saturated carbocycles. The molecule has 72 valence electrons. The Morgan fingerprint density at radius 1 is 1.38 bits per heavy atom. The van der Waals surface area contributed by atoms with Crippen molar-refractivity contribution >= 4 is 11.6 Å². The van der Waals surface area contributed by atoms with Crippen LogP contribution in [0.15, 0.2) is 18.3 Å². The zero-order chi connectivity index (χ0) is 9.84. The van der Waals surface area contributed by atoms with Crippen LogP contribution < -0.4 is 5.32 Å². The van der Waals surface area contributed by atoms with Crippen LogP contribution in [0.3, 0.4) is 0 Å². The maximum atomic E-state index is 5.79. The maximum absolute atomic E-state index is 5.79. The summed E-state index contributed by atoms with van der Waals surface area (Å²) < 4.78 is 0. The average molecular weight is 199 g/mol. The number of nitrogens with one attached hydrogen (secondary N) is 1. The number of halogens is 1. The molecule has 1 aromatic heterocycles. The van der Waals surface area contributed by atoms with Gasteiger partial charge in [0, 0.05) is 18.3 Å². The van der Waals surface area contributed by atoms with E-state index in [9.17, 15) is 0 Å². The first-order chi connectivity index (χ1) is 6.09. The summed E-state index contributed by atoms with van der Waals surface area (Å²) in [6.45, 7) is 6.37. The highest BCUT2D eigenvalue weighted by atomic mass is 35.5. The molecule has 0 saturated heterocycles. The van der Waals surface area contributed by atoms with Gasteiger partial charge in [-0.05, 0) is 24.6 Å². The summed E-state index contributed by atoms with van der Waals surface area (Å²) in [6.07, 6.45) is 1.73. The second kappa shape index (κ2) is 4.58. The summed E-state index contributed by atoms with van der Waals surface area (Å²) in [5, 5.41) is 3.95. The van der Waals surface area contributed by atoms with E-state index < -0.39 is 0 Å². The van der Waals surface area contributed by atoms with E-state index in [4.69, 9.17) is 11.6 Å². The lowest BCUT2D eigenvalue weighted by molar-refractivity contribution is 0.506. The lowest BCUT2D eigenvalue weighted by Crippen LogP contribution is -2.25. The summed E-state index contributed by atoms with van der Waals surface area (Å²) in [7, 11) is 0. The molecule has 1 rings (SSSR count). The van der Waals surface area contributed by atoms with Crippen LogP contribution in [-0.2, 0) is 0 Å². The van der Waals surface area contributed by atoms with Crippen molar-refractivity contribution in [2.45, 2.75) is 32.9 Å². The number of aromatic nitrogens is 1. The highest BCUT2D eigenvalue weighted by Crippen LogP contribution is 2.15. The fourth-order valence-electron chi connectivity index (χ4n) is 1.28. The molecule has 0 bridgehead atoms. The van der Waals surface area contributed by atoms with E-state index in [1.54, 1.807) is 6.20 Å². The zero-order valence-corrected chi connectivity index (χ0v) is 8.97. The van der Waals surface area contributed by atoms with Crippen LogP contribution in [0.4, 0.5) is 0 Å². The van der Waals surface area contributed by atoms with Gasteiger partial charge in [-0.3, -0.25) is 0 Å². The third-order valence-corrected chi connectivity index (χ3v) is 2.04. The number of nitrogens with zero attached hydrogens (tertiary/aromatic N) is 1. The van der Waals surface area contributed by atoms with E-state index in [0.717, 1.165) is 0 Å². The van der Waals surface area contributed by atoms with Crippen LogP contribution in [0.1, 0.15) is 32.4 Å². The quantitative estimate of drug-likeness (QED) is 0.756. The van der Waals surface area contributed by atoms with E-state index in [1.807, 2.05) is 12.1 Å². The number of rotatable bonds is 3.